The van der Waals surface area contributed by atoms with Crippen molar-refractivity contribution in [1.82, 2.24) is 5.32 Å². The van der Waals surface area contributed by atoms with Crippen molar-refractivity contribution >= 4 is 11.8 Å². The van der Waals surface area contributed by atoms with E-state index in [9.17, 15) is 5.11 Å². The van der Waals surface area contributed by atoms with Gasteiger partial charge in [-0.15, -0.1) is 11.8 Å². The molecule has 0 aromatic heterocycles. The summed E-state index contributed by atoms with van der Waals surface area (Å²) in [4.78, 5) is 1.22. The molecule has 1 saturated carbocycles. The molecule has 2 N–H and O–H groups in total. The van der Waals surface area contributed by atoms with Crippen LogP contribution >= 0.6 is 11.8 Å². The number of hydrogen-bond donors (Lipinski definition) is 2. The van der Waals surface area contributed by atoms with Gasteiger partial charge >= 0.3 is 0 Å². The molecule has 110 valence electrons. The molecule has 0 radical (unpaired) electrons. The predicted octanol–water partition coefficient (Wildman–Crippen LogP) is 2.04. The first-order chi connectivity index (χ1) is 9.76. The van der Waals surface area contributed by atoms with Crippen LogP contribution in [0.5, 0.6) is 11.5 Å². The van der Waals surface area contributed by atoms with Crippen LogP contribution in [0.3, 0.4) is 0 Å². The summed E-state index contributed by atoms with van der Waals surface area (Å²) in [5, 5.41) is 12.8. The van der Waals surface area contributed by atoms with Crippen molar-refractivity contribution in [2.24, 2.45) is 5.41 Å². The van der Waals surface area contributed by atoms with Gasteiger partial charge in [-0.05, 0) is 36.8 Å². The van der Waals surface area contributed by atoms with Crippen LogP contribution in [-0.2, 0) is 6.54 Å². The van der Waals surface area contributed by atoms with Crippen molar-refractivity contribution < 1.29 is 14.6 Å². The first-order valence-corrected chi connectivity index (χ1v) is 8.27. The van der Waals surface area contributed by atoms with Crippen LogP contribution in [0.1, 0.15) is 18.4 Å². The Hall–Kier alpha value is -0.910. The zero-order chi connectivity index (χ0) is 14.0. The summed E-state index contributed by atoms with van der Waals surface area (Å²) in [6.07, 6.45) is 4.34. The summed E-state index contributed by atoms with van der Waals surface area (Å²) in [5.74, 6) is 1.69. The predicted molar refractivity (Wildman–Crippen MR) is 79.7 cm³/mol. The van der Waals surface area contributed by atoms with Crippen molar-refractivity contribution in [2.45, 2.75) is 24.3 Å². The Morgan fingerprint density at radius 2 is 1.95 bits per heavy atom. The maximum Gasteiger partial charge on any atom is 0.162 e. The number of thioether (sulfide) groups is 1. The van der Waals surface area contributed by atoms with Crippen molar-refractivity contribution in [3.8, 4) is 11.5 Å². The van der Waals surface area contributed by atoms with Gasteiger partial charge < -0.3 is 19.9 Å². The number of ether oxygens (including phenoxy) is 2. The summed E-state index contributed by atoms with van der Waals surface area (Å²) in [6.45, 7) is 3.21. The van der Waals surface area contributed by atoms with Crippen LogP contribution in [0.15, 0.2) is 17.0 Å². The van der Waals surface area contributed by atoms with Gasteiger partial charge in [0, 0.05) is 30.0 Å². The molecule has 1 aliphatic heterocycles. The third-order valence-corrected chi connectivity index (χ3v) is 4.87. The van der Waals surface area contributed by atoms with Gasteiger partial charge in [-0.25, -0.2) is 0 Å². The number of nitrogens with one attached hydrogen (secondary N) is 1. The molecule has 1 fully saturated rings. The molecule has 4 nitrogen and oxygen atoms in total. The monoisotopic (exact) mass is 295 g/mol. The molecule has 0 saturated heterocycles. The summed E-state index contributed by atoms with van der Waals surface area (Å²) < 4.78 is 11.3. The van der Waals surface area contributed by atoms with E-state index in [1.807, 2.05) is 0 Å². The fourth-order valence-corrected chi connectivity index (χ4v) is 3.09. The fourth-order valence-electron chi connectivity index (χ4n) is 2.47. The highest BCUT2D eigenvalue weighted by atomic mass is 32.2. The third-order valence-electron chi connectivity index (χ3n) is 4.05. The van der Waals surface area contributed by atoms with E-state index in [1.54, 1.807) is 11.8 Å². The zero-order valence-corrected chi connectivity index (χ0v) is 12.6. The lowest BCUT2D eigenvalue weighted by atomic mass is 10.1. The summed E-state index contributed by atoms with van der Waals surface area (Å²) in [5.41, 5.74) is 1.38. The van der Waals surface area contributed by atoms with E-state index in [1.165, 1.54) is 10.5 Å². The van der Waals surface area contributed by atoms with Gasteiger partial charge in [0.05, 0.1) is 0 Å². The lowest BCUT2D eigenvalue weighted by molar-refractivity contribution is 0.170. The van der Waals surface area contributed by atoms with Gasteiger partial charge in [-0.3, -0.25) is 0 Å². The first kappa shape index (κ1) is 14.0. The number of aliphatic hydroxyl groups excluding tert-OH is 1. The lowest BCUT2D eigenvalue weighted by Gasteiger charge is -2.21. The highest BCUT2D eigenvalue weighted by Crippen LogP contribution is 2.44. The maximum absolute atomic E-state index is 9.33. The van der Waals surface area contributed by atoms with Crippen LogP contribution in [0.25, 0.3) is 0 Å². The minimum atomic E-state index is 0.146. The standard InChI is InChI=1S/C15H21NO3S/c1-20-14-7-13-12(18-4-5-19-13)6-11(14)8-16-9-15(10-17)2-3-15/h6-7,16-17H,2-5,8-10H2,1H3. The van der Waals surface area contributed by atoms with Crippen molar-refractivity contribution in [2.75, 3.05) is 32.6 Å². The topological polar surface area (TPSA) is 50.7 Å². The molecule has 1 heterocycles. The molecular weight excluding hydrogens is 274 g/mol. The quantitative estimate of drug-likeness (QED) is 0.787. The Kier molecular flexibility index (Phi) is 4.10. The second-order valence-electron chi connectivity index (χ2n) is 5.57. The van der Waals surface area contributed by atoms with Crippen molar-refractivity contribution in [3.63, 3.8) is 0 Å². The van der Waals surface area contributed by atoms with Gasteiger partial charge in [0.15, 0.2) is 11.5 Å². The van der Waals surface area contributed by atoms with E-state index in [4.69, 9.17) is 9.47 Å². The van der Waals surface area contributed by atoms with Crippen LogP contribution < -0.4 is 14.8 Å². The first-order valence-electron chi connectivity index (χ1n) is 7.04. The zero-order valence-electron chi connectivity index (χ0n) is 11.8. The molecule has 3 rings (SSSR count). The lowest BCUT2D eigenvalue weighted by Crippen LogP contribution is -2.26. The molecule has 1 aliphatic carbocycles. The van der Waals surface area contributed by atoms with Gasteiger partial charge in [-0.1, -0.05) is 0 Å². The second kappa shape index (κ2) is 5.84. The average Bonchev–Trinajstić information content (AvgIpc) is 3.27. The second-order valence-corrected chi connectivity index (χ2v) is 6.42. The minimum absolute atomic E-state index is 0.146. The minimum Gasteiger partial charge on any atom is -0.486 e. The number of hydrogen-bond acceptors (Lipinski definition) is 5. The summed E-state index contributed by atoms with van der Waals surface area (Å²) in [7, 11) is 0. The highest BCUT2D eigenvalue weighted by molar-refractivity contribution is 7.98. The Morgan fingerprint density at radius 3 is 2.55 bits per heavy atom. The molecular formula is C15H21NO3S. The molecule has 0 bridgehead atoms. The van der Waals surface area contributed by atoms with E-state index >= 15 is 0 Å². The molecule has 0 atom stereocenters. The van der Waals surface area contributed by atoms with E-state index in [-0.39, 0.29) is 12.0 Å². The number of benzene rings is 1. The van der Waals surface area contributed by atoms with Crippen molar-refractivity contribution in [1.29, 1.82) is 0 Å². The molecule has 5 heteroatoms. The van der Waals surface area contributed by atoms with Gasteiger partial charge in [-0.2, -0.15) is 0 Å². The maximum atomic E-state index is 9.33. The SMILES string of the molecule is CSc1cc2c(cc1CNCC1(CO)CC1)OCCO2. The summed E-state index contributed by atoms with van der Waals surface area (Å²) >= 11 is 1.72. The number of fused-ring (bicyclic) bond motifs is 1. The van der Waals surface area contributed by atoms with E-state index in [2.05, 4.69) is 23.7 Å². The number of rotatable bonds is 6. The smallest absolute Gasteiger partial charge is 0.162 e. The van der Waals surface area contributed by atoms with Crippen LogP contribution in [0, 0.1) is 5.41 Å². The molecule has 0 unspecified atom stereocenters. The summed E-state index contributed by atoms with van der Waals surface area (Å²) in [6, 6.07) is 4.14. The molecule has 0 spiro atoms. The van der Waals surface area contributed by atoms with E-state index in [0.29, 0.717) is 13.2 Å². The van der Waals surface area contributed by atoms with Gasteiger partial charge in [0.25, 0.3) is 0 Å². The van der Waals surface area contributed by atoms with Gasteiger partial charge in [0.1, 0.15) is 13.2 Å². The average molecular weight is 295 g/mol. The Morgan fingerprint density at radius 1 is 1.25 bits per heavy atom. The fraction of sp³-hybridized carbons (Fsp3) is 0.600. The van der Waals surface area contributed by atoms with Crippen LogP contribution in [0.2, 0.25) is 0 Å². The highest BCUT2D eigenvalue weighted by Gasteiger charge is 2.41. The Bertz CT molecular complexity index is 488. The third kappa shape index (κ3) is 2.90. The molecule has 20 heavy (non-hydrogen) atoms. The molecule has 0 amide bonds. The molecule has 2 aliphatic rings. The Balaban J connectivity index is 1.68. The van der Waals surface area contributed by atoms with Crippen LogP contribution in [-0.4, -0.2) is 37.7 Å². The molecule has 1 aromatic rings. The van der Waals surface area contributed by atoms with E-state index in [0.717, 1.165) is 37.4 Å². The van der Waals surface area contributed by atoms with Gasteiger partial charge in [0.2, 0.25) is 0 Å². The molecule has 1 aromatic carbocycles. The Labute approximate surface area is 123 Å². The van der Waals surface area contributed by atoms with Crippen molar-refractivity contribution in [3.05, 3.63) is 17.7 Å². The van der Waals surface area contributed by atoms with E-state index < -0.39 is 0 Å². The normalized spacial score (nSPS) is 18.9. The number of aliphatic hydroxyl groups is 1. The largest absolute Gasteiger partial charge is 0.486 e. The van der Waals surface area contributed by atoms with Crippen LogP contribution in [0.4, 0.5) is 0 Å².